The predicted octanol–water partition coefficient (Wildman–Crippen LogP) is 14.6. The molecule has 0 aliphatic carbocycles. The summed E-state index contributed by atoms with van der Waals surface area (Å²) in [5.74, 6) is -0.940. The first-order valence-corrected chi connectivity index (χ1v) is 23.0. The standard InChI is InChI=1S/C48H86O6/c1-4-7-10-13-16-19-22-23-24-27-29-32-35-38-41-47(50)53-44-45(54-48(51)42-39-36-33-30-26-21-18-15-12-9-6-3)43-52-46(49)40-37-34-31-28-25-20-17-14-11-8-5-2/h9,12,18,21,30,33,45H,4-8,10-11,13-17,19-20,22-29,31-32,34-44H2,1-3H3/b12-9-,21-18-,33-30-. The molecule has 0 bridgehead atoms. The van der Waals surface area contributed by atoms with Gasteiger partial charge in [0.15, 0.2) is 6.10 Å². The van der Waals surface area contributed by atoms with Gasteiger partial charge >= 0.3 is 17.9 Å². The van der Waals surface area contributed by atoms with Crippen molar-refractivity contribution < 1.29 is 28.6 Å². The molecule has 1 unspecified atom stereocenters. The van der Waals surface area contributed by atoms with E-state index in [9.17, 15) is 14.4 Å². The SMILES string of the molecule is CC/C=C\C/C=C\C/C=C\CCCC(=O)OC(COC(=O)CCCCCCCCCCCCC)COC(=O)CCCCCCCCCCCCCCCC. The predicted molar refractivity (Wildman–Crippen MR) is 229 cm³/mol. The summed E-state index contributed by atoms with van der Waals surface area (Å²) in [4.78, 5) is 37.7. The van der Waals surface area contributed by atoms with Gasteiger partial charge in [-0.25, -0.2) is 0 Å². The molecule has 0 fully saturated rings. The number of esters is 3. The zero-order valence-electron chi connectivity index (χ0n) is 35.7. The second-order valence-corrected chi connectivity index (χ2v) is 15.3. The molecule has 0 aromatic carbocycles. The number of rotatable bonds is 41. The van der Waals surface area contributed by atoms with Gasteiger partial charge in [0, 0.05) is 19.3 Å². The molecule has 0 saturated heterocycles. The van der Waals surface area contributed by atoms with Crippen molar-refractivity contribution in [3.8, 4) is 0 Å². The van der Waals surface area contributed by atoms with Crippen LogP contribution in [0.5, 0.6) is 0 Å². The molecular formula is C48H86O6. The quantitative estimate of drug-likeness (QED) is 0.0267. The van der Waals surface area contributed by atoms with Crippen molar-refractivity contribution in [2.75, 3.05) is 13.2 Å². The van der Waals surface area contributed by atoms with E-state index in [2.05, 4.69) is 57.2 Å². The molecule has 0 heterocycles. The molecule has 0 spiro atoms. The van der Waals surface area contributed by atoms with Crippen molar-refractivity contribution in [3.05, 3.63) is 36.5 Å². The molecule has 0 saturated carbocycles. The molecule has 0 radical (unpaired) electrons. The minimum atomic E-state index is -0.790. The van der Waals surface area contributed by atoms with Crippen LogP contribution in [0.15, 0.2) is 36.5 Å². The molecule has 0 aliphatic rings. The number of allylic oxidation sites excluding steroid dienone is 6. The molecule has 0 amide bonds. The van der Waals surface area contributed by atoms with Crippen LogP contribution in [0.2, 0.25) is 0 Å². The van der Waals surface area contributed by atoms with Gasteiger partial charge in [-0.15, -0.1) is 0 Å². The second-order valence-electron chi connectivity index (χ2n) is 15.3. The summed E-state index contributed by atoms with van der Waals surface area (Å²) in [5, 5.41) is 0. The molecule has 0 rings (SSSR count). The van der Waals surface area contributed by atoms with Crippen LogP contribution < -0.4 is 0 Å². The van der Waals surface area contributed by atoms with Crippen molar-refractivity contribution in [3.63, 3.8) is 0 Å². The Labute approximate surface area is 334 Å². The molecule has 0 N–H and O–H groups in total. The number of hydrogen-bond acceptors (Lipinski definition) is 6. The molecule has 0 aromatic heterocycles. The van der Waals surface area contributed by atoms with Crippen LogP contribution in [0.3, 0.4) is 0 Å². The van der Waals surface area contributed by atoms with Crippen LogP contribution in [-0.4, -0.2) is 37.2 Å². The minimum Gasteiger partial charge on any atom is -0.462 e. The first-order valence-electron chi connectivity index (χ1n) is 23.0. The summed E-state index contributed by atoms with van der Waals surface area (Å²) in [6.07, 6.45) is 48.5. The lowest BCUT2D eigenvalue weighted by Gasteiger charge is -2.18. The Balaban J connectivity index is 4.39. The first-order chi connectivity index (χ1) is 26.5. The van der Waals surface area contributed by atoms with Gasteiger partial charge in [0.2, 0.25) is 0 Å². The van der Waals surface area contributed by atoms with E-state index in [0.717, 1.165) is 64.2 Å². The summed E-state index contributed by atoms with van der Waals surface area (Å²) in [6, 6.07) is 0. The van der Waals surface area contributed by atoms with Crippen molar-refractivity contribution in [1.82, 2.24) is 0 Å². The highest BCUT2D eigenvalue weighted by Gasteiger charge is 2.19. The maximum absolute atomic E-state index is 12.7. The summed E-state index contributed by atoms with van der Waals surface area (Å²) >= 11 is 0. The fourth-order valence-corrected chi connectivity index (χ4v) is 6.47. The average molecular weight is 759 g/mol. The Morgan fingerprint density at radius 1 is 0.389 bits per heavy atom. The zero-order valence-corrected chi connectivity index (χ0v) is 35.7. The molecule has 314 valence electrons. The average Bonchev–Trinajstić information content (AvgIpc) is 3.17. The van der Waals surface area contributed by atoms with E-state index in [1.165, 1.54) is 122 Å². The molecule has 54 heavy (non-hydrogen) atoms. The third-order valence-electron chi connectivity index (χ3n) is 9.91. The maximum atomic E-state index is 12.7. The molecular weight excluding hydrogens is 673 g/mol. The second kappa shape index (κ2) is 43.4. The van der Waals surface area contributed by atoms with E-state index < -0.39 is 6.10 Å². The fraction of sp³-hybridized carbons (Fsp3) is 0.812. The van der Waals surface area contributed by atoms with Crippen LogP contribution in [-0.2, 0) is 28.6 Å². The van der Waals surface area contributed by atoms with Crippen molar-refractivity contribution >= 4 is 17.9 Å². The fourth-order valence-electron chi connectivity index (χ4n) is 6.47. The summed E-state index contributed by atoms with van der Waals surface area (Å²) in [7, 11) is 0. The van der Waals surface area contributed by atoms with Crippen molar-refractivity contribution in [2.24, 2.45) is 0 Å². The highest BCUT2D eigenvalue weighted by molar-refractivity contribution is 5.71. The molecule has 0 aliphatic heterocycles. The van der Waals surface area contributed by atoms with Crippen molar-refractivity contribution in [2.45, 2.75) is 239 Å². The summed E-state index contributed by atoms with van der Waals surface area (Å²) in [6.45, 7) is 6.47. The van der Waals surface area contributed by atoms with Gasteiger partial charge in [-0.1, -0.05) is 205 Å². The molecule has 6 nitrogen and oxygen atoms in total. The lowest BCUT2D eigenvalue weighted by atomic mass is 10.0. The first kappa shape index (κ1) is 51.6. The lowest BCUT2D eigenvalue weighted by Crippen LogP contribution is -2.30. The van der Waals surface area contributed by atoms with E-state index in [0.29, 0.717) is 19.3 Å². The van der Waals surface area contributed by atoms with E-state index in [4.69, 9.17) is 14.2 Å². The Morgan fingerprint density at radius 3 is 1.11 bits per heavy atom. The van der Waals surface area contributed by atoms with Gasteiger partial charge in [0.1, 0.15) is 13.2 Å². The number of hydrogen-bond donors (Lipinski definition) is 0. The monoisotopic (exact) mass is 759 g/mol. The van der Waals surface area contributed by atoms with E-state index in [1.54, 1.807) is 0 Å². The minimum absolute atomic E-state index is 0.0887. The van der Waals surface area contributed by atoms with E-state index in [-0.39, 0.29) is 37.5 Å². The summed E-state index contributed by atoms with van der Waals surface area (Å²) in [5.41, 5.74) is 0. The van der Waals surface area contributed by atoms with Crippen LogP contribution in [0.4, 0.5) is 0 Å². The van der Waals surface area contributed by atoms with E-state index in [1.807, 2.05) is 0 Å². The Hall–Kier alpha value is -2.37. The summed E-state index contributed by atoms with van der Waals surface area (Å²) < 4.78 is 16.6. The largest absolute Gasteiger partial charge is 0.462 e. The normalized spacial score (nSPS) is 12.3. The highest BCUT2D eigenvalue weighted by atomic mass is 16.6. The van der Waals surface area contributed by atoms with Gasteiger partial charge in [0.25, 0.3) is 0 Å². The molecule has 0 aromatic rings. The maximum Gasteiger partial charge on any atom is 0.306 e. The zero-order chi connectivity index (χ0) is 39.4. The number of unbranched alkanes of at least 4 members (excludes halogenated alkanes) is 24. The molecule has 1 atom stereocenters. The van der Waals surface area contributed by atoms with Crippen LogP contribution in [0.1, 0.15) is 233 Å². The smallest absolute Gasteiger partial charge is 0.306 e. The van der Waals surface area contributed by atoms with Gasteiger partial charge < -0.3 is 14.2 Å². The van der Waals surface area contributed by atoms with Gasteiger partial charge in [-0.05, 0) is 44.9 Å². The van der Waals surface area contributed by atoms with Gasteiger partial charge in [0.05, 0.1) is 0 Å². The third-order valence-corrected chi connectivity index (χ3v) is 9.91. The number of ether oxygens (including phenoxy) is 3. The highest BCUT2D eigenvalue weighted by Crippen LogP contribution is 2.15. The van der Waals surface area contributed by atoms with E-state index >= 15 is 0 Å². The Morgan fingerprint density at radius 2 is 0.722 bits per heavy atom. The lowest BCUT2D eigenvalue weighted by molar-refractivity contribution is -0.167. The van der Waals surface area contributed by atoms with Crippen LogP contribution in [0, 0.1) is 0 Å². The molecule has 6 heteroatoms. The third kappa shape index (κ3) is 40.8. The van der Waals surface area contributed by atoms with Gasteiger partial charge in [-0.2, -0.15) is 0 Å². The number of carbonyl (C=O) groups excluding carboxylic acids is 3. The Kier molecular flexibility index (Phi) is 41.5. The van der Waals surface area contributed by atoms with Crippen LogP contribution >= 0.6 is 0 Å². The van der Waals surface area contributed by atoms with Gasteiger partial charge in [-0.3, -0.25) is 14.4 Å². The Bertz CT molecular complexity index is 922. The number of carbonyl (C=O) groups is 3. The van der Waals surface area contributed by atoms with Crippen LogP contribution in [0.25, 0.3) is 0 Å². The van der Waals surface area contributed by atoms with Crippen molar-refractivity contribution in [1.29, 1.82) is 0 Å². The topological polar surface area (TPSA) is 78.9 Å².